The van der Waals surface area contributed by atoms with Crippen molar-refractivity contribution in [1.29, 1.82) is 0 Å². The van der Waals surface area contributed by atoms with Crippen LogP contribution in [0.25, 0.3) is 27.8 Å². The molecule has 0 N–H and O–H groups in total. The predicted molar refractivity (Wildman–Crippen MR) is 83.7 cm³/mol. The molecule has 0 aliphatic rings. The monoisotopic (exact) mass is 288 g/mol. The fraction of sp³-hybridized carbons (Fsp3) is 0.0588. The van der Waals surface area contributed by atoms with Gasteiger partial charge in [0.15, 0.2) is 17.1 Å². The Kier molecular flexibility index (Phi) is 2.72. The molecule has 0 radical (unpaired) electrons. The van der Waals surface area contributed by atoms with Gasteiger partial charge < -0.3 is 0 Å². The van der Waals surface area contributed by atoms with Crippen molar-refractivity contribution in [2.24, 2.45) is 0 Å². The number of carbonyl (C=O) groups is 1. The first-order chi connectivity index (χ1) is 10.7. The van der Waals surface area contributed by atoms with E-state index in [0.717, 1.165) is 22.2 Å². The van der Waals surface area contributed by atoms with Crippen LogP contribution in [0.1, 0.15) is 17.3 Å². The summed E-state index contributed by atoms with van der Waals surface area (Å²) in [6.45, 7) is 1.56. The highest BCUT2D eigenvalue weighted by Gasteiger charge is 2.08. The van der Waals surface area contributed by atoms with Crippen LogP contribution in [0.3, 0.4) is 0 Å². The summed E-state index contributed by atoms with van der Waals surface area (Å²) in [5.74, 6) is 0.0597. The molecule has 0 saturated heterocycles. The van der Waals surface area contributed by atoms with Gasteiger partial charge in [-0.25, -0.2) is 14.5 Å². The van der Waals surface area contributed by atoms with Gasteiger partial charge in [0.1, 0.15) is 0 Å². The van der Waals surface area contributed by atoms with E-state index in [1.807, 2.05) is 48.8 Å². The van der Waals surface area contributed by atoms with Crippen LogP contribution >= 0.6 is 0 Å². The van der Waals surface area contributed by atoms with E-state index in [1.54, 1.807) is 17.6 Å². The molecule has 22 heavy (non-hydrogen) atoms. The van der Waals surface area contributed by atoms with Crippen LogP contribution in [-0.2, 0) is 0 Å². The number of hydrogen-bond donors (Lipinski definition) is 0. The van der Waals surface area contributed by atoms with Crippen LogP contribution in [0.2, 0.25) is 0 Å². The Hall–Kier alpha value is -3.08. The Balaban J connectivity index is 1.85. The standard InChI is InChI=1S/C17H12N4O/c1-11(22)12-4-6-13(7-5-12)14-9-19-17-15-3-2-8-18-16(15)20-21(17)10-14/h2-10H,1H3. The SMILES string of the molecule is CC(=O)c1ccc(-c2cnc3c4cccnc4nn3c2)cc1. The third-order valence-electron chi connectivity index (χ3n) is 3.66. The van der Waals surface area contributed by atoms with Gasteiger partial charge in [-0.05, 0) is 24.6 Å². The largest absolute Gasteiger partial charge is 0.295 e. The molecule has 4 rings (SSSR count). The van der Waals surface area contributed by atoms with E-state index in [-0.39, 0.29) is 5.78 Å². The lowest BCUT2D eigenvalue weighted by atomic mass is 10.1. The summed E-state index contributed by atoms with van der Waals surface area (Å²) >= 11 is 0. The number of benzene rings is 1. The lowest BCUT2D eigenvalue weighted by Crippen LogP contribution is -1.93. The van der Waals surface area contributed by atoms with Crippen molar-refractivity contribution in [3.63, 3.8) is 0 Å². The van der Waals surface area contributed by atoms with Crippen LogP contribution < -0.4 is 0 Å². The highest BCUT2D eigenvalue weighted by molar-refractivity contribution is 5.94. The molecule has 5 nitrogen and oxygen atoms in total. The minimum Gasteiger partial charge on any atom is -0.295 e. The molecule has 106 valence electrons. The first kappa shape index (κ1) is 12.6. The molecule has 0 aliphatic heterocycles. The maximum atomic E-state index is 11.3. The zero-order chi connectivity index (χ0) is 15.1. The first-order valence-corrected chi connectivity index (χ1v) is 6.93. The molecule has 3 aromatic heterocycles. The highest BCUT2D eigenvalue weighted by Crippen LogP contribution is 2.22. The number of carbonyl (C=O) groups excluding carboxylic acids is 1. The quantitative estimate of drug-likeness (QED) is 0.532. The van der Waals surface area contributed by atoms with Crippen molar-refractivity contribution in [1.82, 2.24) is 19.6 Å². The summed E-state index contributed by atoms with van der Waals surface area (Å²) in [5.41, 5.74) is 4.10. The summed E-state index contributed by atoms with van der Waals surface area (Å²) < 4.78 is 1.74. The van der Waals surface area contributed by atoms with Crippen molar-refractivity contribution >= 4 is 22.5 Å². The van der Waals surface area contributed by atoms with Crippen molar-refractivity contribution in [3.05, 3.63) is 60.6 Å². The van der Waals surface area contributed by atoms with Crippen LogP contribution in [0.4, 0.5) is 0 Å². The van der Waals surface area contributed by atoms with Crippen LogP contribution in [-0.4, -0.2) is 25.4 Å². The topological polar surface area (TPSA) is 60.2 Å². The summed E-state index contributed by atoms with van der Waals surface area (Å²) in [6, 6.07) is 11.3. The van der Waals surface area contributed by atoms with Gasteiger partial charge in [-0.3, -0.25) is 4.79 Å². The molecule has 0 spiro atoms. The van der Waals surface area contributed by atoms with E-state index in [1.165, 1.54) is 0 Å². The van der Waals surface area contributed by atoms with Gasteiger partial charge >= 0.3 is 0 Å². The summed E-state index contributed by atoms with van der Waals surface area (Å²) in [5, 5.41) is 5.37. The smallest absolute Gasteiger partial charge is 0.183 e. The van der Waals surface area contributed by atoms with Gasteiger partial charge in [-0.1, -0.05) is 24.3 Å². The Morgan fingerprint density at radius 1 is 1.05 bits per heavy atom. The van der Waals surface area contributed by atoms with E-state index < -0.39 is 0 Å². The number of pyridine rings is 1. The number of aromatic nitrogens is 4. The minimum absolute atomic E-state index is 0.0597. The van der Waals surface area contributed by atoms with Gasteiger partial charge in [-0.2, -0.15) is 0 Å². The number of hydrogen-bond acceptors (Lipinski definition) is 4. The molecule has 0 bridgehead atoms. The van der Waals surface area contributed by atoms with Gasteiger partial charge in [0.05, 0.1) is 5.39 Å². The van der Waals surface area contributed by atoms with Crippen LogP contribution in [0.5, 0.6) is 0 Å². The number of fused-ring (bicyclic) bond motifs is 3. The zero-order valence-corrected chi connectivity index (χ0v) is 11.9. The molecule has 0 amide bonds. The second kappa shape index (κ2) is 4.73. The Morgan fingerprint density at radius 3 is 2.64 bits per heavy atom. The lowest BCUT2D eigenvalue weighted by molar-refractivity contribution is 0.101. The van der Waals surface area contributed by atoms with Gasteiger partial charge in [0, 0.05) is 29.7 Å². The molecular formula is C17H12N4O. The summed E-state index contributed by atoms with van der Waals surface area (Å²) in [7, 11) is 0. The van der Waals surface area contributed by atoms with Gasteiger partial charge in [0.25, 0.3) is 0 Å². The fourth-order valence-corrected chi connectivity index (χ4v) is 2.48. The van der Waals surface area contributed by atoms with E-state index >= 15 is 0 Å². The van der Waals surface area contributed by atoms with Crippen molar-refractivity contribution in [2.75, 3.05) is 0 Å². The Morgan fingerprint density at radius 2 is 1.86 bits per heavy atom. The van der Waals surface area contributed by atoms with Crippen molar-refractivity contribution in [2.45, 2.75) is 6.92 Å². The molecule has 0 atom stereocenters. The third-order valence-corrected chi connectivity index (χ3v) is 3.66. The van der Waals surface area contributed by atoms with Crippen molar-refractivity contribution in [3.8, 4) is 11.1 Å². The van der Waals surface area contributed by atoms with Crippen molar-refractivity contribution < 1.29 is 4.79 Å². The Bertz CT molecular complexity index is 1000. The van der Waals surface area contributed by atoms with Gasteiger partial charge in [-0.15, -0.1) is 5.10 Å². The van der Waals surface area contributed by atoms with Crippen LogP contribution in [0, 0.1) is 0 Å². The molecule has 3 heterocycles. The maximum Gasteiger partial charge on any atom is 0.183 e. The normalized spacial score (nSPS) is 11.1. The van der Waals surface area contributed by atoms with E-state index in [4.69, 9.17) is 0 Å². The molecular weight excluding hydrogens is 276 g/mol. The number of rotatable bonds is 2. The molecule has 0 fully saturated rings. The third kappa shape index (κ3) is 1.95. The summed E-state index contributed by atoms with van der Waals surface area (Å²) in [4.78, 5) is 20.1. The predicted octanol–water partition coefficient (Wildman–Crippen LogP) is 3.15. The van der Waals surface area contributed by atoms with Gasteiger partial charge in [0.2, 0.25) is 0 Å². The number of Topliss-reactive ketones (excluding diaryl/α,β-unsaturated/α-hetero) is 1. The van der Waals surface area contributed by atoms with E-state index in [2.05, 4.69) is 15.1 Å². The fourth-order valence-electron chi connectivity index (χ4n) is 2.48. The zero-order valence-electron chi connectivity index (χ0n) is 11.9. The molecule has 5 heteroatoms. The molecule has 4 aromatic rings. The van der Waals surface area contributed by atoms with E-state index in [9.17, 15) is 4.79 Å². The second-order valence-corrected chi connectivity index (χ2v) is 5.12. The minimum atomic E-state index is 0.0597. The highest BCUT2D eigenvalue weighted by atomic mass is 16.1. The van der Waals surface area contributed by atoms with E-state index in [0.29, 0.717) is 11.2 Å². The maximum absolute atomic E-state index is 11.3. The first-order valence-electron chi connectivity index (χ1n) is 6.93. The lowest BCUT2D eigenvalue weighted by Gasteiger charge is -2.03. The average Bonchev–Trinajstić information content (AvgIpc) is 2.92. The number of nitrogens with zero attached hydrogens (tertiary/aromatic N) is 4. The molecule has 1 aromatic carbocycles. The molecule has 0 aliphatic carbocycles. The van der Waals surface area contributed by atoms with Crippen LogP contribution in [0.15, 0.2) is 55.0 Å². The average molecular weight is 288 g/mol. The molecule has 0 saturated carbocycles. The summed E-state index contributed by atoms with van der Waals surface area (Å²) in [6.07, 6.45) is 5.45. The Labute approximate surface area is 126 Å². The second-order valence-electron chi connectivity index (χ2n) is 5.12. The number of ketones is 1. The molecule has 0 unspecified atom stereocenters.